The highest BCUT2D eigenvalue weighted by atomic mass is 16.1. The maximum Gasteiger partial charge on any atom is 0.193 e. The summed E-state index contributed by atoms with van der Waals surface area (Å²) in [4.78, 5) is 13.3. The van der Waals surface area contributed by atoms with Crippen LogP contribution in [0.2, 0.25) is 0 Å². The summed E-state index contributed by atoms with van der Waals surface area (Å²) in [5.41, 5.74) is 3.92. The second-order valence-corrected chi connectivity index (χ2v) is 6.22. The molecule has 1 nitrogen and oxygen atoms in total. The first kappa shape index (κ1) is 14.6. The van der Waals surface area contributed by atoms with E-state index in [1.54, 1.807) is 0 Å². The average molecular weight is 310 g/mol. The van der Waals surface area contributed by atoms with Crippen molar-refractivity contribution < 1.29 is 4.79 Å². The lowest BCUT2D eigenvalue weighted by Crippen LogP contribution is -2.09. The molecule has 0 fully saturated rings. The second kappa shape index (κ2) is 5.93. The zero-order chi connectivity index (χ0) is 16.5. The molecular weight excluding hydrogens is 292 g/mol. The molecule has 0 N–H and O–H groups in total. The molecule has 24 heavy (non-hydrogen) atoms. The molecule has 0 aromatic heterocycles. The third-order valence-corrected chi connectivity index (χ3v) is 4.71. The third kappa shape index (κ3) is 2.39. The van der Waals surface area contributed by atoms with Gasteiger partial charge >= 0.3 is 0 Å². The molecule has 0 radical (unpaired) electrons. The Balaban J connectivity index is 1.98. The number of hydrogen-bond donors (Lipinski definition) is 0. The van der Waals surface area contributed by atoms with Crippen molar-refractivity contribution in [1.82, 2.24) is 0 Å². The minimum atomic E-state index is 0.0931. The van der Waals surface area contributed by atoms with Crippen LogP contribution < -0.4 is 0 Å². The number of benzene rings is 3. The molecule has 0 aliphatic heterocycles. The number of carbonyl (C=O) groups excluding carboxylic acids is 1. The zero-order valence-electron chi connectivity index (χ0n) is 13.6. The van der Waals surface area contributed by atoms with Crippen molar-refractivity contribution in [3.63, 3.8) is 0 Å². The van der Waals surface area contributed by atoms with Gasteiger partial charge < -0.3 is 0 Å². The van der Waals surface area contributed by atoms with Gasteiger partial charge in [-0.3, -0.25) is 4.79 Å². The maximum absolute atomic E-state index is 13.3. The lowest BCUT2D eigenvalue weighted by atomic mass is 9.85. The molecule has 1 aliphatic carbocycles. The lowest BCUT2D eigenvalue weighted by Gasteiger charge is -2.18. The first-order chi connectivity index (χ1) is 11.8. The minimum absolute atomic E-state index is 0.0931. The lowest BCUT2D eigenvalue weighted by molar-refractivity contribution is 0.103. The summed E-state index contributed by atoms with van der Waals surface area (Å²) >= 11 is 0. The Morgan fingerprint density at radius 3 is 2.38 bits per heavy atom. The van der Waals surface area contributed by atoms with E-state index in [0.29, 0.717) is 0 Å². The fourth-order valence-corrected chi connectivity index (χ4v) is 3.46. The highest BCUT2D eigenvalue weighted by molar-refractivity contribution is 6.17. The summed E-state index contributed by atoms with van der Waals surface area (Å²) in [6.07, 6.45) is 6.36. The normalized spacial score (nSPS) is 16.4. The van der Waals surface area contributed by atoms with Crippen LogP contribution in [0.3, 0.4) is 0 Å². The monoisotopic (exact) mass is 310 g/mol. The molecule has 1 heteroatoms. The Kier molecular flexibility index (Phi) is 3.62. The summed E-state index contributed by atoms with van der Waals surface area (Å²) in [5.74, 6) is 0.271. The highest BCUT2D eigenvalue weighted by Gasteiger charge is 2.23. The topological polar surface area (TPSA) is 17.1 Å². The highest BCUT2D eigenvalue weighted by Crippen LogP contribution is 2.36. The van der Waals surface area contributed by atoms with Crippen LogP contribution >= 0.6 is 0 Å². The smallest absolute Gasteiger partial charge is 0.193 e. The van der Waals surface area contributed by atoms with Crippen molar-refractivity contribution in [1.29, 1.82) is 0 Å². The standard InChI is InChI=1S/C23H18O/c1-16-8-7-13-19(16)21-15-14-17-9-5-6-12-20(17)22(21)23(24)18-10-3-2-4-11-18/h2-15,19H,1H3. The first-order valence-corrected chi connectivity index (χ1v) is 8.22. The van der Waals surface area contributed by atoms with Crippen molar-refractivity contribution in [3.05, 3.63) is 107 Å². The second-order valence-electron chi connectivity index (χ2n) is 6.22. The number of fused-ring (bicyclic) bond motifs is 1. The van der Waals surface area contributed by atoms with E-state index in [1.807, 2.05) is 48.5 Å². The predicted octanol–water partition coefficient (Wildman–Crippen LogP) is 5.67. The first-order valence-electron chi connectivity index (χ1n) is 8.22. The summed E-state index contributed by atoms with van der Waals surface area (Å²) in [6.45, 7) is 2.12. The van der Waals surface area contributed by atoms with E-state index in [2.05, 4.69) is 43.4 Å². The van der Waals surface area contributed by atoms with Crippen LogP contribution in [-0.4, -0.2) is 5.78 Å². The van der Waals surface area contributed by atoms with Gasteiger partial charge in [-0.25, -0.2) is 0 Å². The molecule has 116 valence electrons. The Labute approximate surface area is 142 Å². The fourth-order valence-electron chi connectivity index (χ4n) is 3.46. The van der Waals surface area contributed by atoms with E-state index in [9.17, 15) is 4.79 Å². The third-order valence-electron chi connectivity index (χ3n) is 4.71. The number of hydrogen-bond acceptors (Lipinski definition) is 1. The van der Waals surface area contributed by atoms with E-state index in [0.717, 1.165) is 27.5 Å². The molecule has 0 heterocycles. The fraction of sp³-hybridized carbons (Fsp3) is 0.0870. The van der Waals surface area contributed by atoms with E-state index < -0.39 is 0 Å². The van der Waals surface area contributed by atoms with E-state index >= 15 is 0 Å². The van der Waals surface area contributed by atoms with Gasteiger partial charge in [0.1, 0.15) is 0 Å². The van der Waals surface area contributed by atoms with Gasteiger partial charge in [0.25, 0.3) is 0 Å². The largest absolute Gasteiger partial charge is 0.289 e. The quantitative estimate of drug-likeness (QED) is 0.570. The Morgan fingerprint density at radius 1 is 0.875 bits per heavy atom. The van der Waals surface area contributed by atoms with Crippen LogP contribution in [0, 0.1) is 0 Å². The summed E-state index contributed by atoms with van der Waals surface area (Å²) in [7, 11) is 0. The summed E-state index contributed by atoms with van der Waals surface area (Å²) in [6, 6.07) is 21.9. The molecule has 3 aromatic rings. The molecule has 1 unspecified atom stereocenters. The summed E-state index contributed by atoms with van der Waals surface area (Å²) in [5, 5.41) is 2.13. The molecule has 0 spiro atoms. The van der Waals surface area contributed by atoms with E-state index in [4.69, 9.17) is 0 Å². The Morgan fingerprint density at radius 2 is 1.62 bits per heavy atom. The van der Waals surface area contributed by atoms with Crippen LogP contribution in [0.5, 0.6) is 0 Å². The van der Waals surface area contributed by atoms with Gasteiger partial charge in [-0.15, -0.1) is 0 Å². The number of carbonyl (C=O) groups is 1. The van der Waals surface area contributed by atoms with Crippen LogP contribution in [0.15, 0.2) is 90.5 Å². The van der Waals surface area contributed by atoms with Crippen molar-refractivity contribution in [2.75, 3.05) is 0 Å². The Bertz CT molecular complexity index is 977. The molecule has 3 aromatic carbocycles. The van der Waals surface area contributed by atoms with Crippen molar-refractivity contribution in [3.8, 4) is 0 Å². The number of allylic oxidation sites excluding steroid dienone is 4. The van der Waals surface area contributed by atoms with Crippen LogP contribution in [0.4, 0.5) is 0 Å². The van der Waals surface area contributed by atoms with Gasteiger partial charge in [-0.2, -0.15) is 0 Å². The summed E-state index contributed by atoms with van der Waals surface area (Å²) < 4.78 is 0. The maximum atomic E-state index is 13.3. The van der Waals surface area contributed by atoms with Crippen LogP contribution in [-0.2, 0) is 0 Å². The predicted molar refractivity (Wildman–Crippen MR) is 99.5 cm³/mol. The average Bonchev–Trinajstić information content (AvgIpc) is 3.06. The number of rotatable bonds is 3. The van der Waals surface area contributed by atoms with Gasteiger partial charge in [0, 0.05) is 17.0 Å². The van der Waals surface area contributed by atoms with Crippen molar-refractivity contribution in [2.24, 2.45) is 0 Å². The van der Waals surface area contributed by atoms with Gasteiger partial charge in [-0.1, -0.05) is 90.5 Å². The zero-order valence-corrected chi connectivity index (χ0v) is 13.6. The minimum Gasteiger partial charge on any atom is -0.289 e. The van der Waals surface area contributed by atoms with Crippen LogP contribution in [0.25, 0.3) is 10.8 Å². The molecule has 0 saturated carbocycles. The number of ketones is 1. The van der Waals surface area contributed by atoms with Gasteiger partial charge in [-0.05, 0) is 23.3 Å². The van der Waals surface area contributed by atoms with E-state index in [1.165, 1.54) is 5.57 Å². The van der Waals surface area contributed by atoms with E-state index in [-0.39, 0.29) is 11.7 Å². The van der Waals surface area contributed by atoms with Crippen molar-refractivity contribution >= 4 is 16.6 Å². The van der Waals surface area contributed by atoms with Crippen LogP contribution in [0.1, 0.15) is 34.3 Å². The molecular formula is C23H18O. The molecule has 1 aliphatic rings. The molecule has 4 rings (SSSR count). The van der Waals surface area contributed by atoms with Gasteiger partial charge in [0.2, 0.25) is 0 Å². The molecule has 0 saturated heterocycles. The van der Waals surface area contributed by atoms with Gasteiger partial charge in [0.05, 0.1) is 0 Å². The molecule has 1 atom stereocenters. The molecule has 0 bridgehead atoms. The van der Waals surface area contributed by atoms with Crippen molar-refractivity contribution in [2.45, 2.75) is 12.8 Å². The van der Waals surface area contributed by atoms with Gasteiger partial charge in [0.15, 0.2) is 5.78 Å². The SMILES string of the molecule is CC1=CC=CC1c1ccc2ccccc2c1C(=O)c1ccccc1. The Hall–Kier alpha value is -2.93. The molecule has 0 amide bonds.